The summed E-state index contributed by atoms with van der Waals surface area (Å²) in [6, 6.07) is 13.9. The van der Waals surface area contributed by atoms with Gasteiger partial charge in [0.1, 0.15) is 12.3 Å². The molecule has 0 aliphatic carbocycles. The molecule has 0 bridgehead atoms. The van der Waals surface area contributed by atoms with Crippen molar-refractivity contribution in [2.24, 2.45) is 0 Å². The Morgan fingerprint density at radius 2 is 1.72 bits per heavy atom. The summed E-state index contributed by atoms with van der Waals surface area (Å²) in [4.78, 5) is 32.8. The number of furan rings is 1. The van der Waals surface area contributed by atoms with Gasteiger partial charge in [0.2, 0.25) is 12.7 Å². The molecular weight excluding hydrogens is 545 g/mol. The predicted molar refractivity (Wildman–Crippen MR) is 145 cm³/mol. The normalized spacial score (nSPS) is 14.8. The molecule has 0 N–H and O–H groups in total. The highest BCUT2D eigenvalue weighted by Gasteiger charge is 2.25. The first-order chi connectivity index (χ1) is 19.0. The van der Waals surface area contributed by atoms with Crippen molar-refractivity contribution < 1.29 is 28.2 Å². The van der Waals surface area contributed by atoms with E-state index in [4.69, 9.17) is 41.8 Å². The fourth-order valence-corrected chi connectivity index (χ4v) is 4.80. The summed E-state index contributed by atoms with van der Waals surface area (Å²) in [5.74, 6) is 1.43. The molecule has 2 aromatic carbocycles. The summed E-state index contributed by atoms with van der Waals surface area (Å²) in [5, 5.41) is 0.640. The Labute approximate surface area is 236 Å². The SMILES string of the molecule is O=C(CN(CCN1CCOCC1)C(=O)c1ccc(Cl)c(Cl)c1)N(Cc1ccc2c(c1)OCO2)Cc1ccco1. The number of nitrogens with zero attached hydrogens (tertiary/aromatic N) is 3. The Kier molecular flexibility index (Phi) is 8.93. The minimum absolute atomic E-state index is 0.116. The topological polar surface area (TPSA) is 84.7 Å². The molecule has 2 amide bonds. The Hall–Kier alpha value is -3.24. The summed E-state index contributed by atoms with van der Waals surface area (Å²) >= 11 is 12.3. The quantitative estimate of drug-likeness (QED) is 0.357. The maximum Gasteiger partial charge on any atom is 0.254 e. The average Bonchev–Trinajstić information content (AvgIpc) is 3.64. The van der Waals surface area contributed by atoms with Gasteiger partial charge in [-0.3, -0.25) is 14.5 Å². The minimum atomic E-state index is -0.295. The lowest BCUT2D eigenvalue weighted by molar-refractivity contribution is -0.133. The number of fused-ring (bicyclic) bond motifs is 1. The second-order valence-electron chi connectivity index (χ2n) is 9.33. The number of carbonyl (C=O) groups is 2. The van der Waals surface area contributed by atoms with Crippen molar-refractivity contribution in [2.75, 3.05) is 52.7 Å². The van der Waals surface area contributed by atoms with Crippen molar-refractivity contribution in [1.82, 2.24) is 14.7 Å². The van der Waals surface area contributed by atoms with E-state index in [0.29, 0.717) is 60.7 Å². The van der Waals surface area contributed by atoms with Gasteiger partial charge in [-0.2, -0.15) is 0 Å². The Morgan fingerprint density at radius 3 is 2.49 bits per heavy atom. The van der Waals surface area contributed by atoms with Gasteiger partial charge in [-0.05, 0) is 48.0 Å². The van der Waals surface area contributed by atoms with Crippen molar-refractivity contribution in [2.45, 2.75) is 13.1 Å². The van der Waals surface area contributed by atoms with Crippen LogP contribution >= 0.6 is 23.2 Å². The maximum absolute atomic E-state index is 13.8. The highest BCUT2D eigenvalue weighted by atomic mass is 35.5. The van der Waals surface area contributed by atoms with Crippen LogP contribution < -0.4 is 9.47 Å². The lowest BCUT2D eigenvalue weighted by Crippen LogP contribution is -2.47. The van der Waals surface area contributed by atoms with Gasteiger partial charge in [-0.1, -0.05) is 29.3 Å². The zero-order valence-electron chi connectivity index (χ0n) is 21.3. The van der Waals surface area contributed by atoms with Crippen molar-refractivity contribution in [3.05, 3.63) is 81.7 Å². The molecule has 0 radical (unpaired) electrons. The number of benzene rings is 2. The van der Waals surface area contributed by atoms with Gasteiger partial charge in [-0.15, -0.1) is 0 Å². The van der Waals surface area contributed by atoms with Crippen molar-refractivity contribution in [1.29, 1.82) is 0 Å². The molecule has 206 valence electrons. The van der Waals surface area contributed by atoms with Gasteiger partial charge >= 0.3 is 0 Å². The third-order valence-corrected chi connectivity index (χ3v) is 7.40. The number of hydrogen-bond acceptors (Lipinski definition) is 7. The molecule has 3 heterocycles. The number of rotatable bonds is 10. The smallest absolute Gasteiger partial charge is 0.254 e. The fraction of sp³-hybridized carbons (Fsp3) is 0.357. The third-order valence-electron chi connectivity index (χ3n) is 6.66. The summed E-state index contributed by atoms with van der Waals surface area (Å²) < 4.78 is 21.9. The Bertz CT molecular complexity index is 1300. The molecule has 2 aliphatic rings. The first-order valence-corrected chi connectivity index (χ1v) is 13.4. The predicted octanol–water partition coefficient (Wildman–Crippen LogP) is 4.32. The number of hydrogen-bond donors (Lipinski definition) is 0. The molecule has 0 unspecified atom stereocenters. The molecule has 1 saturated heterocycles. The van der Waals surface area contributed by atoms with E-state index < -0.39 is 0 Å². The molecule has 1 aromatic heterocycles. The number of halogens is 2. The fourth-order valence-electron chi connectivity index (χ4n) is 4.50. The Balaban J connectivity index is 1.35. The number of amides is 2. The van der Waals surface area contributed by atoms with Crippen LogP contribution in [0.15, 0.2) is 59.2 Å². The van der Waals surface area contributed by atoms with Crippen LogP contribution in [-0.2, 0) is 22.6 Å². The molecule has 0 saturated carbocycles. The molecule has 11 heteroatoms. The van der Waals surface area contributed by atoms with E-state index in [1.165, 1.54) is 6.07 Å². The van der Waals surface area contributed by atoms with E-state index in [1.54, 1.807) is 34.3 Å². The van der Waals surface area contributed by atoms with Crippen LogP contribution in [0, 0.1) is 0 Å². The zero-order chi connectivity index (χ0) is 27.2. The van der Waals surface area contributed by atoms with Crippen LogP contribution in [0.25, 0.3) is 0 Å². The minimum Gasteiger partial charge on any atom is -0.467 e. The van der Waals surface area contributed by atoms with Gasteiger partial charge in [0.15, 0.2) is 11.5 Å². The van der Waals surface area contributed by atoms with Crippen LogP contribution in [0.5, 0.6) is 11.5 Å². The van der Waals surface area contributed by atoms with Crippen LogP contribution in [0.1, 0.15) is 21.7 Å². The molecule has 0 atom stereocenters. The van der Waals surface area contributed by atoms with E-state index >= 15 is 0 Å². The standard InChI is InChI=1S/C28H29Cl2N3O6/c29-23-5-4-21(15-24(23)30)28(35)32(8-7-31-9-12-36-13-10-31)18-27(34)33(17-22-2-1-11-37-22)16-20-3-6-25-26(14-20)39-19-38-25/h1-6,11,14-15H,7-10,12-13,16-19H2. The largest absolute Gasteiger partial charge is 0.467 e. The maximum atomic E-state index is 13.8. The first-order valence-electron chi connectivity index (χ1n) is 12.7. The second-order valence-corrected chi connectivity index (χ2v) is 10.1. The average molecular weight is 574 g/mol. The number of morpholine rings is 1. The van der Waals surface area contributed by atoms with Gasteiger partial charge in [0.25, 0.3) is 5.91 Å². The molecule has 9 nitrogen and oxygen atoms in total. The van der Waals surface area contributed by atoms with Crippen LogP contribution in [0.3, 0.4) is 0 Å². The molecule has 2 aliphatic heterocycles. The zero-order valence-corrected chi connectivity index (χ0v) is 22.8. The van der Waals surface area contributed by atoms with Crippen molar-refractivity contribution in [3.63, 3.8) is 0 Å². The molecule has 3 aromatic rings. The van der Waals surface area contributed by atoms with E-state index in [9.17, 15) is 9.59 Å². The van der Waals surface area contributed by atoms with Gasteiger partial charge in [-0.25, -0.2) is 0 Å². The van der Waals surface area contributed by atoms with Gasteiger partial charge in [0.05, 0.1) is 36.1 Å². The number of carbonyl (C=O) groups excluding carboxylic acids is 2. The van der Waals surface area contributed by atoms with E-state index in [-0.39, 0.29) is 36.7 Å². The number of ether oxygens (including phenoxy) is 3. The summed E-state index contributed by atoms with van der Waals surface area (Å²) in [6.45, 7) is 4.42. The van der Waals surface area contributed by atoms with Gasteiger partial charge < -0.3 is 28.4 Å². The summed E-state index contributed by atoms with van der Waals surface area (Å²) in [7, 11) is 0. The summed E-state index contributed by atoms with van der Waals surface area (Å²) in [6.07, 6.45) is 1.57. The highest BCUT2D eigenvalue weighted by Crippen LogP contribution is 2.33. The van der Waals surface area contributed by atoms with E-state index in [1.807, 2.05) is 24.3 Å². The van der Waals surface area contributed by atoms with Crippen LogP contribution in [0.2, 0.25) is 10.0 Å². The monoisotopic (exact) mass is 573 g/mol. The lowest BCUT2D eigenvalue weighted by atomic mass is 10.1. The highest BCUT2D eigenvalue weighted by molar-refractivity contribution is 6.42. The van der Waals surface area contributed by atoms with Crippen LogP contribution in [-0.4, -0.2) is 79.2 Å². The van der Waals surface area contributed by atoms with E-state index in [0.717, 1.165) is 18.7 Å². The van der Waals surface area contributed by atoms with Crippen molar-refractivity contribution >= 4 is 35.0 Å². The van der Waals surface area contributed by atoms with Gasteiger partial charge in [0, 0.05) is 38.3 Å². The molecule has 39 heavy (non-hydrogen) atoms. The first kappa shape index (κ1) is 27.3. The Morgan fingerprint density at radius 1 is 0.897 bits per heavy atom. The second kappa shape index (κ2) is 12.7. The lowest BCUT2D eigenvalue weighted by Gasteiger charge is -2.31. The van der Waals surface area contributed by atoms with Crippen molar-refractivity contribution in [3.8, 4) is 11.5 Å². The molecule has 0 spiro atoms. The summed E-state index contributed by atoms with van der Waals surface area (Å²) in [5.41, 5.74) is 1.24. The van der Waals surface area contributed by atoms with Crippen LogP contribution in [0.4, 0.5) is 0 Å². The molecule has 1 fully saturated rings. The molecule has 5 rings (SSSR count). The molecular formula is C28H29Cl2N3O6. The third kappa shape index (κ3) is 7.05. The van der Waals surface area contributed by atoms with E-state index in [2.05, 4.69) is 4.90 Å².